The fraction of sp³-hybridized carbons (Fsp3) is 0.129. The predicted molar refractivity (Wildman–Crippen MR) is 154 cm³/mol. The minimum atomic E-state index is -0.416. The van der Waals surface area contributed by atoms with Gasteiger partial charge in [0.15, 0.2) is 11.0 Å². The van der Waals surface area contributed by atoms with Gasteiger partial charge in [0.1, 0.15) is 0 Å². The summed E-state index contributed by atoms with van der Waals surface area (Å²) >= 11 is 1.63. The number of benzene rings is 4. The van der Waals surface area contributed by atoms with Gasteiger partial charge in [0.2, 0.25) is 0 Å². The smallest absolute Gasteiger partial charge is 0.319 e. The standard InChI is InChI=1S/C31H29N5OS/c1-23-17-19-27(20-18-23)36-29(34-35-31(36)38-22-25-13-7-3-8-14-25)28(21-24-11-5-2-6-12-24)33-30(37)32-26-15-9-4-10-16-26/h2-20,28H,21-22H2,1H3,(H2,32,33,37). The zero-order valence-corrected chi connectivity index (χ0v) is 21.9. The van der Waals surface area contributed by atoms with Gasteiger partial charge in [-0.2, -0.15) is 0 Å². The summed E-state index contributed by atoms with van der Waals surface area (Å²) in [5.41, 5.74) is 5.15. The van der Waals surface area contributed by atoms with Crippen LogP contribution >= 0.6 is 11.8 Å². The molecule has 1 heterocycles. The van der Waals surface area contributed by atoms with Crippen LogP contribution in [-0.4, -0.2) is 20.8 Å². The van der Waals surface area contributed by atoms with Gasteiger partial charge in [0, 0.05) is 23.5 Å². The molecule has 2 N–H and O–H groups in total. The molecule has 2 amide bonds. The van der Waals surface area contributed by atoms with Gasteiger partial charge in [0.25, 0.3) is 0 Å². The molecule has 0 aliphatic carbocycles. The molecule has 0 saturated heterocycles. The van der Waals surface area contributed by atoms with Crippen molar-refractivity contribution in [1.82, 2.24) is 20.1 Å². The molecule has 0 saturated carbocycles. The molecule has 0 fully saturated rings. The molecule has 0 bridgehead atoms. The minimum Gasteiger partial charge on any atom is -0.327 e. The predicted octanol–water partition coefficient (Wildman–Crippen LogP) is 6.97. The summed E-state index contributed by atoms with van der Waals surface area (Å²) < 4.78 is 2.06. The molecule has 0 spiro atoms. The zero-order valence-electron chi connectivity index (χ0n) is 21.1. The van der Waals surface area contributed by atoms with Crippen molar-refractivity contribution in [3.05, 3.63) is 138 Å². The van der Waals surface area contributed by atoms with Gasteiger partial charge in [-0.15, -0.1) is 10.2 Å². The lowest BCUT2D eigenvalue weighted by atomic mass is 10.1. The van der Waals surface area contributed by atoms with E-state index in [-0.39, 0.29) is 6.03 Å². The third-order valence-corrected chi connectivity index (χ3v) is 7.09. The summed E-state index contributed by atoms with van der Waals surface area (Å²) in [7, 11) is 0. The van der Waals surface area contributed by atoms with E-state index in [1.54, 1.807) is 11.8 Å². The average Bonchev–Trinajstić information content (AvgIpc) is 3.37. The molecule has 6 nitrogen and oxygen atoms in total. The van der Waals surface area contributed by atoms with Crippen LogP contribution in [0.2, 0.25) is 0 Å². The van der Waals surface area contributed by atoms with Crippen molar-refractivity contribution in [3.63, 3.8) is 0 Å². The van der Waals surface area contributed by atoms with E-state index in [9.17, 15) is 4.79 Å². The highest BCUT2D eigenvalue weighted by Crippen LogP contribution is 2.29. The Balaban J connectivity index is 1.50. The van der Waals surface area contributed by atoms with Crippen molar-refractivity contribution >= 4 is 23.5 Å². The van der Waals surface area contributed by atoms with E-state index >= 15 is 0 Å². The minimum absolute atomic E-state index is 0.297. The Hall–Kier alpha value is -4.36. The van der Waals surface area contributed by atoms with Crippen molar-refractivity contribution in [2.75, 3.05) is 5.32 Å². The number of carbonyl (C=O) groups excluding carboxylic acids is 1. The van der Waals surface area contributed by atoms with Gasteiger partial charge in [-0.05, 0) is 42.3 Å². The second-order valence-corrected chi connectivity index (χ2v) is 9.94. The third-order valence-electron chi connectivity index (χ3n) is 6.09. The summed E-state index contributed by atoms with van der Waals surface area (Å²) in [4.78, 5) is 13.1. The number of aromatic nitrogens is 3. The molecule has 190 valence electrons. The first-order valence-corrected chi connectivity index (χ1v) is 13.5. The molecular weight excluding hydrogens is 490 g/mol. The Bertz CT molecular complexity index is 1460. The Morgan fingerprint density at radius 1 is 0.789 bits per heavy atom. The van der Waals surface area contributed by atoms with E-state index in [0.717, 1.165) is 27.8 Å². The third kappa shape index (κ3) is 6.49. The molecule has 1 atom stereocenters. The van der Waals surface area contributed by atoms with Crippen LogP contribution in [0.4, 0.5) is 10.5 Å². The molecule has 0 radical (unpaired) electrons. The van der Waals surface area contributed by atoms with E-state index in [1.807, 2.05) is 66.7 Å². The maximum Gasteiger partial charge on any atom is 0.319 e. The van der Waals surface area contributed by atoms with Gasteiger partial charge in [-0.3, -0.25) is 4.57 Å². The Labute approximate surface area is 227 Å². The van der Waals surface area contributed by atoms with Gasteiger partial charge >= 0.3 is 6.03 Å². The Morgan fingerprint density at radius 2 is 1.39 bits per heavy atom. The van der Waals surface area contributed by atoms with Crippen molar-refractivity contribution in [2.45, 2.75) is 30.3 Å². The van der Waals surface area contributed by atoms with Crippen LogP contribution in [0, 0.1) is 6.92 Å². The second kappa shape index (κ2) is 12.3. The fourth-order valence-electron chi connectivity index (χ4n) is 4.16. The van der Waals surface area contributed by atoms with E-state index in [0.29, 0.717) is 12.2 Å². The largest absolute Gasteiger partial charge is 0.327 e. The molecule has 4 aromatic carbocycles. The lowest BCUT2D eigenvalue weighted by molar-refractivity contribution is 0.247. The summed E-state index contributed by atoms with van der Waals surface area (Å²) in [6, 6.07) is 37.4. The average molecular weight is 520 g/mol. The van der Waals surface area contributed by atoms with Crippen molar-refractivity contribution in [3.8, 4) is 5.69 Å². The molecule has 0 aliphatic rings. The van der Waals surface area contributed by atoms with Crippen molar-refractivity contribution in [1.29, 1.82) is 0 Å². The van der Waals surface area contributed by atoms with E-state index < -0.39 is 6.04 Å². The first-order valence-electron chi connectivity index (χ1n) is 12.5. The number of rotatable bonds is 9. The number of thioether (sulfide) groups is 1. The summed E-state index contributed by atoms with van der Waals surface area (Å²) in [6.45, 7) is 2.07. The maximum absolute atomic E-state index is 13.1. The lowest BCUT2D eigenvalue weighted by Gasteiger charge is -2.21. The number of hydrogen-bond acceptors (Lipinski definition) is 4. The molecule has 5 aromatic rings. The van der Waals surface area contributed by atoms with Crippen LogP contribution in [0.5, 0.6) is 0 Å². The highest BCUT2D eigenvalue weighted by atomic mass is 32.2. The first-order chi connectivity index (χ1) is 18.7. The van der Waals surface area contributed by atoms with Crippen molar-refractivity contribution < 1.29 is 4.79 Å². The monoisotopic (exact) mass is 519 g/mol. The first kappa shape index (κ1) is 25.3. The van der Waals surface area contributed by atoms with Crippen LogP contribution in [0.15, 0.2) is 120 Å². The molecule has 1 aromatic heterocycles. The number of hydrogen-bond donors (Lipinski definition) is 2. The molecule has 7 heteroatoms. The van der Waals surface area contributed by atoms with Crippen LogP contribution in [0.25, 0.3) is 5.69 Å². The Kier molecular flexibility index (Phi) is 8.16. The SMILES string of the molecule is Cc1ccc(-n2c(SCc3ccccc3)nnc2C(Cc2ccccc2)NC(=O)Nc2ccccc2)cc1. The number of para-hydroxylation sites is 1. The highest BCUT2D eigenvalue weighted by Gasteiger charge is 2.25. The van der Waals surface area contributed by atoms with Gasteiger partial charge < -0.3 is 10.6 Å². The Morgan fingerprint density at radius 3 is 2.05 bits per heavy atom. The molecule has 1 unspecified atom stereocenters. The molecule has 0 aliphatic heterocycles. The zero-order chi connectivity index (χ0) is 26.2. The van der Waals surface area contributed by atoms with E-state index in [1.165, 1.54) is 11.1 Å². The number of anilines is 1. The van der Waals surface area contributed by atoms with E-state index in [2.05, 4.69) is 80.9 Å². The second-order valence-electron chi connectivity index (χ2n) is 8.99. The number of carbonyl (C=O) groups is 1. The topological polar surface area (TPSA) is 71.8 Å². The fourth-order valence-corrected chi connectivity index (χ4v) is 5.08. The molecule has 5 rings (SSSR count). The molecular formula is C31H29N5OS. The van der Waals surface area contributed by atoms with Crippen LogP contribution in [-0.2, 0) is 12.2 Å². The van der Waals surface area contributed by atoms with Crippen LogP contribution < -0.4 is 10.6 Å². The number of urea groups is 1. The quantitative estimate of drug-likeness (QED) is 0.206. The summed E-state index contributed by atoms with van der Waals surface area (Å²) in [5.74, 6) is 1.44. The maximum atomic E-state index is 13.1. The lowest BCUT2D eigenvalue weighted by Crippen LogP contribution is -2.35. The van der Waals surface area contributed by atoms with Gasteiger partial charge in [-0.1, -0.05) is 108 Å². The molecule has 38 heavy (non-hydrogen) atoms. The van der Waals surface area contributed by atoms with Gasteiger partial charge in [0.05, 0.1) is 6.04 Å². The number of amides is 2. The number of nitrogens with zero attached hydrogens (tertiary/aromatic N) is 3. The van der Waals surface area contributed by atoms with Gasteiger partial charge in [-0.25, -0.2) is 4.79 Å². The normalized spacial score (nSPS) is 11.6. The number of nitrogens with one attached hydrogen (secondary N) is 2. The van der Waals surface area contributed by atoms with Crippen LogP contribution in [0.3, 0.4) is 0 Å². The highest BCUT2D eigenvalue weighted by molar-refractivity contribution is 7.98. The van der Waals surface area contributed by atoms with Crippen LogP contribution in [0.1, 0.15) is 28.6 Å². The number of aryl methyl sites for hydroxylation is 1. The summed E-state index contributed by atoms with van der Waals surface area (Å²) in [5, 5.41) is 16.1. The van der Waals surface area contributed by atoms with E-state index in [4.69, 9.17) is 0 Å². The van der Waals surface area contributed by atoms with Crippen molar-refractivity contribution in [2.24, 2.45) is 0 Å². The summed E-state index contributed by atoms with van der Waals surface area (Å²) in [6.07, 6.45) is 0.566.